The number of imidazole rings is 1. The Kier molecular flexibility index (Phi) is 12.5. The average Bonchev–Trinajstić information content (AvgIpc) is 3.89. The number of piperidine rings is 3. The van der Waals surface area contributed by atoms with Crippen LogP contribution in [-0.4, -0.2) is 129 Å². The van der Waals surface area contributed by atoms with E-state index in [0.717, 1.165) is 123 Å². The summed E-state index contributed by atoms with van der Waals surface area (Å²) in [7, 11) is 3.79. The van der Waals surface area contributed by atoms with Crippen LogP contribution in [0.5, 0.6) is 0 Å². The number of aryl methyl sites for hydroxylation is 1. The van der Waals surface area contributed by atoms with E-state index in [-0.39, 0.29) is 18.2 Å². The number of amides is 3. The second-order valence-electron chi connectivity index (χ2n) is 18.5. The number of benzene rings is 2. The third kappa shape index (κ3) is 9.26. The first kappa shape index (κ1) is 43.7. The topological polar surface area (TPSA) is 157 Å². The number of aromatic amines is 1. The van der Waals surface area contributed by atoms with Gasteiger partial charge in [0.1, 0.15) is 24.1 Å². The van der Waals surface area contributed by atoms with E-state index >= 15 is 4.39 Å². The van der Waals surface area contributed by atoms with Gasteiger partial charge in [-0.25, -0.2) is 19.3 Å². The van der Waals surface area contributed by atoms with Gasteiger partial charge in [-0.3, -0.25) is 29.5 Å². The van der Waals surface area contributed by atoms with Gasteiger partial charge in [0.2, 0.25) is 11.8 Å². The largest absolute Gasteiger partial charge is 0.377 e. The maximum Gasteiger partial charge on any atom is 0.253 e. The van der Waals surface area contributed by atoms with Gasteiger partial charge in [-0.2, -0.15) is 0 Å². The highest BCUT2D eigenvalue weighted by molar-refractivity contribution is 6.01. The number of hydrogen-bond donors (Lipinski definition) is 3. The van der Waals surface area contributed by atoms with E-state index in [2.05, 4.69) is 89.5 Å². The van der Waals surface area contributed by atoms with E-state index < -0.39 is 17.8 Å². The lowest BCUT2D eigenvalue weighted by atomic mass is 9.88. The molecule has 2 aromatic carbocycles. The van der Waals surface area contributed by atoms with Crippen LogP contribution in [-0.2, 0) is 34.5 Å². The molecule has 4 aromatic heterocycles. The molecule has 4 saturated heterocycles. The SMILES string of the molecule is COCc1nc2ccc(-c3ccnc4c3cc(CN3CCC(c5ccc(C(=O)N6CCC(CN7CCN(c8ncc(NC9CCC(=O)NC9=O)cc8F)CC7)CC6)cc5)CC3)n4C)cc2[nH]1. The van der Waals surface area contributed by atoms with Crippen LogP contribution in [0.2, 0.25) is 0 Å². The number of pyridine rings is 2. The Morgan fingerprint density at radius 3 is 2.41 bits per heavy atom. The molecule has 4 aliphatic rings. The van der Waals surface area contributed by atoms with Gasteiger partial charge < -0.3 is 29.4 Å². The van der Waals surface area contributed by atoms with Crippen molar-refractivity contribution in [2.45, 2.75) is 63.6 Å². The van der Waals surface area contributed by atoms with Crippen molar-refractivity contribution < 1.29 is 23.5 Å². The van der Waals surface area contributed by atoms with Gasteiger partial charge in [0.05, 0.1) is 22.9 Å². The van der Waals surface area contributed by atoms with Crippen LogP contribution in [0.15, 0.2) is 73.1 Å². The van der Waals surface area contributed by atoms with E-state index in [0.29, 0.717) is 49.5 Å². The van der Waals surface area contributed by atoms with Gasteiger partial charge in [-0.1, -0.05) is 18.2 Å². The number of rotatable bonds is 12. The van der Waals surface area contributed by atoms with Crippen molar-refractivity contribution >= 4 is 51.3 Å². The van der Waals surface area contributed by atoms with Crippen LogP contribution < -0.4 is 15.5 Å². The molecule has 0 saturated carbocycles. The number of hydrogen-bond acceptors (Lipinski definition) is 11. The quantitative estimate of drug-likeness (QED) is 0.123. The number of nitrogens with zero attached hydrogens (tertiary/aromatic N) is 8. The number of methoxy groups -OCH3 is 1. The van der Waals surface area contributed by atoms with E-state index in [1.165, 1.54) is 17.3 Å². The molecule has 4 fully saturated rings. The summed E-state index contributed by atoms with van der Waals surface area (Å²) in [5.74, 6) is 1.09. The molecule has 0 bridgehead atoms. The highest BCUT2D eigenvalue weighted by Crippen LogP contribution is 2.34. The van der Waals surface area contributed by atoms with Crippen LogP contribution in [0.3, 0.4) is 0 Å². The van der Waals surface area contributed by atoms with Crippen LogP contribution in [0.25, 0.3) is 33.2 Å². The fraction of sp³-hybridized carbons (Fsp3) is 0.440. The zero-order valence-electron chi connectivity index (χ0n) is 37.8. The highest BCUT2D eigenvalue weighted by atomic mass is 19.1. The number of carbonyl (C=O) groups is 3. The number of halogens is 1. The summed E-state index contributed by atoms with van der Waals surface area (Å²) in [6.07, 6.45) is 8.14. The molecule has 66 heavy (non-hydrogen) atoms. The molecule has 3 amide bonds. The molecule has 6 aromatic rings. The number of anilines is 2. The summed E-state index contributed by atoms with van der Waals surface area (Å²) in [6.45, 7) is 8.77. The number of imide groups is 1. The minimum Gasteiger partial charge on any atom is -0.377 e. The predicted octanol–water partition coefficient (Wildman–Crippen LogP) is 6.07. The summed E-state index contributed by atoms with van der Waals surface area (Å²) in [6, 6.07) is 19.9. The highest BCUT2D eigenvalue weighted by Gasteiger charge is 2.30. The van der Waals surface area contributed by atoms with E-state index in [4.69, 9.17) is 9.72 Å². The van der Waals surface area contributed by atoms with Crippen LogP contribution in [0.4, 0.5) is 15.9 Å². The Labute approximate surface area is 383 Å². The van der Waals surface area contributed by atoms with Crippen LogP contribution >= 0.6 is 0 Å². The second kappa shape index (κ2) is 18.9. The second-order valence-corrected chi connectivity index (χ2v) is 18.5. The molecule has 16 heteroatoms. The molecular formula is C50H58FN11O4. The standard InChI is InChI=1S/C50H58FN11O4/c1-58-38(27-40-39(11-16-52-47(40)58)36-7-8-42-44(25-36)56-45(55-42)31-66-2)30-59-17-14-34(15-18-59)33-3-5-35(6-4-33)50(65)62-19-12-32(13-20-62)29-60-21-23-61(24-22-60)48-41(51)26-37(28-53-48)54-43-9-10-46(63)57-49(43)64/h3-8,11,16,25-28,32,34,43,54H,9-10,12-15,17-24,29-31H2,1-2H3,(H,55,56)(H,57,63,64). The molecule has 10 rings (SSSR count). The Morgan fingerprint density at radius 2 is 1.67 bits per heavy atom. The smallest absolute Gasteiger partial charge is 0.253 e. The predicted molar refractivity (Wildman–Crippen MR) is 251 cm³/mol. The van der Waals surface area contributed by atoms with Crippen LogP contribution in [0.1, 0.15) is 71.9 Å². The summed E-state index contributed by atoms with van der Waals surface area (Å²) < 4.78 is 22.7. The van der Waals surface area contributed by atoms with Gasteiger partial charge in [-0.05, 0) is 110 Å². The van der Waals surface area contributed by atoms with Gasteiger partial charge in [-0.15, -0.1) is 0 Å². The first-order valence-electron chi connectivity index (χ1n) is 23.4. The van der Waals surface area contributed by atoms with E-state index in [9.17, 15) is 14.4 Å². The summed E-state index contributed by atoms with van der Waals surface area (Å²) in [4.78, 5) is 63.4. The zero-order valence-corrected chi connectivity index (χ0v) is 37.8. The molecule has 1 unspecified atom stereocenters. The number of aromatic nitrogens is 5. The Morgan fingerprint density at radius 1 is 0.879 bits per heavy atom. The van der Waals surface area contributed by atoms with Crippen molar-refractivity contribution in [2.75, 3.05) is 76.2 Å². The first-order valence-corrected chi connectivity index (χ1v) is 23.4. The lowest BCUT2D eigenvalue weighted by Gasteiger charge is -2.39. The van der Waals surface area contributed by atoms with Crippen molar-refractivity contribution in [1.29, 1.82) is 0 Å². The number of ether oxygens (including phenoxy) is 1. The average molecular weight is 896 g/mol. The van der Waals surface area contributed by atoms with Gasteiger partial charge in [0.15, 0.2) is 11.6 Å². The maximum absolute atomic E-state index is 15.2. The molecule has 1 atom stereocenters. The minimum absolute atomic E-state index is 0.113. The maximum atomic E-state index is 15.2. The number of nitrogens with one attached hydrogen (secondary N) is 3. The van der Waals surface area contributed by atoms with Crippen molar-refractivity contribution in [2.24, 2.45) is 13.0 Å². The van der Waals surface area contributed by atoms with Gasteiger partial charge >= 0.3 is 0 Å². The molecule has 15 nitrogen and oxygen atoms in total. The third-order valence-corrected chi connectivity index (χ3v) is 14.2. The molecule has 344 valence electrons. The Bertz CT molecular complexity index is 2730. The summed E-state index contributed by atoms with van der Waals surface area (Å²) in [5.41, 5.74) is 8.91. The zero-order chi connectivity index (χ0) is 45.3. The fourth-order valence-corrected chi connectivity index (χ4v) is 10.4. The Balaban J connectivity index is 0.667. The minimum atomic E-state index is -0.591. The monoisotopic (exact) mass is 895 g/mol. The molecule has 8 heterocycles. The molecule has 3 N–H and O–H groups in total. The number of likely N-dealkylation sites (tertiary alicyclic amines) is 2. The van der Waals surface area contributed by atoms with Gasteiger partial charge in [0.25, 0.3) is 5.91 Å². The molecule has 0 radical (unpaired) electrons. The Hall–Kier alpha value is -6.23. The first-order chi connectivity index (χ1) is 32.1. The summed E-state index contributed by atoms with van der Waals surface area (Å²) >= 11 is 0. The lowest BCUT2D eigenvalue weighted by Crippen LogP contribution is -2.49. The lowest BCUT2D eigenvalue weighted by molar-refractivity contribution is -0.133. The molecule has 4 aliphatic heterocycles. The van der Waals surface area contributed by atoms with Gasteiger partial charge in [0, 0.05) is 102 Å². The fourth-order valence-electron chi connectivity index (χ4n) is 10.4. The van der Waals surface area contributed by atoms with E-state index in [1.807, 2.05) is 28.1 Å². The molecule has 0 spiro atoms. The molecule has 0 aliphatic carbocycles. The van der Waals surface area contributed by atoms with Crippen LogP contribution in [0, 0.1) is 11.7 Å². The van der Waals surface area contributed by atoms with E-state index in [1.54, 1.807) is 13.3 Å². The number of carbonyl (C=O) groups excluding carboxylic acids is 3. The third-order valence-electron chi connectivity index (χ3n) is 14.2. The molecular weight excluding hydrogens is 838 g/mol. The van der Waals surface area contributed by atoms with Crippen molar-refractivity contribution in [3.63, 3.8) is 0 Å². The van der Waals surface area contributed by atoms with Crippen molar-refractivity contribution in [3.05, 3.63) is 102 Å². The summed E-state index contributed by atoms with van der Waals surface area (Å²) in [5, 5.41) is 6.46. The normalized spacial score (nSPS) is 19.5. The number of H-pyrrole nitrogens is 1. The number of fused-ring (bicyclic) bond motifs is 2. The van der Waals surface area contributed by atoms with Crippen molar-refractivity contribution in [3.8, 4) is 11.1 Å². The number of piperazine rings is 1. The van der Waals surface area contributed by atoms with Crippen molar-refractivity contribution in [1.82, 2.24) is 44.5 Å².